The van der Waals surface area contributed by atoms with Crippen LogP contribution in [0, 0.1) is 5.92 Å². The van der Waals surface area contributed by atoms with Crippen molar-refractivity contribution in [3.05, 3.63) is 34.2 Å². The second-order valence-corrected chi connectivity index (χ2v) is 7.58. The SMILES string of the molecule is CC(=O)OCc1nc2c([nH]1)c(CC1CCOCC1)nc1cc(Br)ccc12. The molecule has 136 valence electrons. The summed E-state index contributed by atoms with van der Waals surface area (Å²) in [6, 6.07) is 6.02. The Bertz CT molecular complexity index is 963. The summed E-state index contributed by atoms with van der Waals surface area (Å²) in [6.07, 6.45) is 2.99. The Hall–Kier alpha value is -1.99. The molecule has 0 saturated carbocycles. The van der Waals surface area contributed by atoms with E-state index in [9.17, 15) is 4.79 Å². The van der Waals surface area contributed by atoms with Gasteiger partial charge >= 0.3 is 5.97 Å². The second-order valence-electron chi connectivity index (χ2n) is 6.67. The summed E-state index contributed by atoms with van der Waals surface area (Å²) in [5.41, 5.74) is 3.75. The van der Waals surface area contributed by atoms with E-state index < -0.39 is 0 Å². The Morgan fingerprint density at radius 3 is 2.92 bits per heavy atom. The minimum absolute atomic E-state index is 0.138. The van der Waals surface area contributed by atoms with E-state index in [0.717, 1.165) is 64.6 Å². The first-order valence-electron chi connectivity index (χ1n) is 8.78. The largest absolute Gasteiger partial charge is 0.458 e. The zero-order valence-electron chi connectivity index (χ0n) is 14.5. The molecule has 0 aliphatic carbocycles. The quantitative estimate of drug-likeness (QED) is 0.651. The molecule has 1 aromatic carbocycles. The van der Waals surface area contributed by atoms with Crippen molar-refractivity contribution in [3.8, 4) is 0 Å². The molecule has 7 heteroatoms. The fraction of sp³-hybridized carbons (Fsp3) is 0.421. The van der Waals surface area contributed by atoms with Gasteiger partial charge in [-0.1, -0.05) is 15.9 Å². The molecule has 3 aromatic rings. The van der Waals surface area contributed by atoms with Crippen molar-refractivity contribution in [1.82, 2.24) is 15.0 Å². The standard InChI is InChI=1S/C19H20BrN3O3/c1-11(24)26-10-17-22-18-14-3-2-13(20)9-15(14)21-16(19(18)23-17)8-12-4-6-25-7-5-12/h2-3,9,12H,4-8,10H2,1H3,(H,22,23). The summed E-state index contributed by atoms with van der Waals surface area (Å²) in [5.74, 6) is 0.879. The zero-order chi connectivity index (χ0) is 18.1. The van der Waals surface area contributed by atoms with E-state index in [2.05, 4.69) is 25.9 Å². The number of halogens is 1. The second kappa shape index (κ2) is 7.32. The number of pyridine rings is 1. The lowest BCUT2D eigenvalue weighted by molar-refractivity contribution is -0.142. The maximum atomic E-state index is 11.1. The molecule has 0 unspecified atom stereocenters. The number of ether oxygens (including phenoxy) is 2. The number of nitrogens with zero attached hydrogens (tertiary/aromatic N) is 2. The van der Waals surface area contributed by atoms with Gasteiger partial charge in [0.15, 0.2) is 0 Å². The Morgan fingerprint density at radius 2 is 2.15 bits per heavy atom. The Labute approximate surface area is 159 Å². The number of hydrogen-bond donors (Lipinski definition) is 1. The number of nitrogens with one attached hydrogen (secondary N) is 1. The van der Waals surface area contributed by atoms with Gasteiger partial charge in [-0.25, -0.2) is 4.98 Å². The Balaban J connectivity index is 1.79. The normalized spacial score (nSPS) is 15.6. The molecule has 2 aromatic heterocycles. The predicted molar refractivity (Wildman–Crippen MR) is 102 cm³/mol. The van der Waals surface area contributed by atoms with Crippen molar-refractivity contribution >= 4 is 43.8 Å². The van der Waals surface area contributed by atoms with Crippen LogP contribution < -0.4 is 0 Å². The number of H-pyrrole nitrogens is 1. The molecule has 6 nitrogen and oxygen atoms in total. The number of aromatic amines is 1. The number of carbonyl (C=O) groups excluding carboxylic acids is 1. The number of fused-ring (bicyclic) bond motifs is 3. The van der Waals surface area contributed by atoms with Crippen molar-refractivity contribution in [2.45, 2.75) is 32.8 Å². The lowest BCUT2D eigenvalue weighted by Gasteiger charge is -2.21. The molecular weight excluding hydrogens is 398 g/mol. The lowest BCUT2D eigenvalue weighted by Crippen LogP contribution is -2.18. The van der Waals surface area contributed by atoms with Crippen LogP contribution in [-0.2, 0) is 27.3 Å². The van der Waals surface area contributed by atoms with E-state index in [4.69, 9.17) is 14.5 Å². The van der Waals surface area contributed by atoms with Gasteiger partial charge in [-0.2, -0.15) is 0 Å². The van der Waals surface area contributed by atoms with Crippen LogP contribution in [0.15, 0.2) is 22.7 Å². The molecule has 1 aliphatic rings. The van der Waals surface area contributed by atoms with Crippen LogP contribution in [0.3, 0.4) is 0 Å². The molecule has 1 aliphatic heterocycles. The molecule has 1 saturated heterocycles. The van der Waals surface area contributed by atoms with Crippen LogP contribution >= 0.6 is 15.9 Å². The number of aromatic nitrogens is 3. The van der Waals surface area contributed by atoms with E-state index >= 15 is 0 Å². The van der Waals surface area contributed by atoms with Crippen molar-refractivity contribution in [2.75, 3.05) is 13.2 Å². The van der Waals surface area contributed by atoms with Crippen LogP contribution in [-0.4, -0.2) is 34.1 Å². The highest BCUT2D eigenvalue weighted by Gasteiger charge is 2.20. The molecule has 0 amide bonds. The molecule has 1 N–H and O–H groups in total. The highest BCUT2D eigenvalue weighted by atomic mass is 79.9. The first-order chi connectivity index (χ1) is 12.6. The van der Waals surface area contributed by atoms with E-state index in [1.165, 1.54) is 6.92 Å². The number of benzene rings is 1. The van der Waals surface area contributed by atoms with Crippen molar-refractivity contribution in [3.63, 3.8) is 0 Å². The van der Waals surface area contributed by atoms with Crippen LogP contribution in [0.1, 0.15) is 31.3 Å². The number of hydrogen-bond acceptors (Lipinski definition) is 5. The molecular formula is C19H20BrN3O3. The van der Waals surface area contributed by atoms with Crippen LogP contribution in [0.2, 0.25) is 0 Å². The first kappa shape index (κ1) is 17.4. The fourth-order valence-electron chi connectivity index (χ4n) is 3.43. The topological polar surface area (TPSA) is 77.1 Å². The third-order valence-corrected chi connectivity index (χ3v) is 5.24. The summed E-state index contributed by atoms with van der Waals surface area (Å²) in [7, 11) is 0. The van der Waals surface area contributed by atoms with Gasteiger partial charge in [-0.15, -0.1) is 0 Å². The van der Waals surface area contributed by atoms with Crippen LogP contribution in [0.5, 0.6) is 0 Å². The van der Waals surface area contributed by atoms with E-state index in [1.54, 1.807) is 0 Å². The third-order valence-electron chi connectivity index (χ3n) is 4.75. The number of esters is 1. The fourth-order valence-corrected chi connectivity index (χ4v) is 3.78. The lowest BCUT2D eigenvalue weighted by atomic mass is 9.94. The van der Waals surface area contributed by atoms with Gasteiger partial charge in [0.25, 0.3) is 0 Å². The summed E-state index contributed by atoms with van der Waals surface area (Å²) >= 11 is 3.52. The van der Waals surface area contributed by atoms with Gasteiger partial charge in [-0.05, 0) is 43.4 Å². The minimum atomic E-state index is -0.320. The highest BCUT2D eigenvalue weighted by Crippen LogP contribution is 2.30. The van der Waals surface area contributed by atoms with Crippen molar-refractivity contribution < 1.29 is 14.3 Å². The van der Waals surface area contributed by atoms with Gasteiger partial charge in [0.2, 0.25) is 0 Å². The maximum Gasteiger partial charge on any atom is 0.303 e. The van der Waals surface area contributed by atoms with E-state index in [-0.39, 0.29) is 12.6 Å². The van der Waals surface area contributed by atoms with Crippen molar-refractivity contribution in [2.24, 2.45) is 5.92 Å². The maximum absolute atomic E-state index is 11.1. The Morgan fingerprint density at radius 1 is 1.35 bits per heavy atom. The molecule has 0 spiro atoms. The van der Waals surface area contributed by atoms with Crippen LogP contribution in [0.4, 0.5) is 0 Å². The average Bonchev–Trinajstić information content (AvgIpc) is 3.05. The molecule has 4 rings (SSSR count). The van der Waals surface area contributed by atoms with Crippen molar-refractivity contribution in [1.29, 1.82) is 0 Å². The van der Waals surface area contributed by atoms with Gasteiger partial charge in [-0.3, -0.25) is 9.78 Å². The monoisotopic (exact) mass is 417 g/mol. The van der Waals surface area contributed by atoms with Gasteiger partial charge in [0.1, 0.15) is 17.9 Å². The smallest absolute Gasteiger partial charge is 0.303 e. The van der Waals surface area contributed by atoms with Crippen LogP contribution in [0.25, 0.3) is 21.9 Å². The molecule has 1 fully saturated rings. The number of imidazole rings is 1. The van der Waals surface area contributed by atoms with E-state index in [0.29, 0.717) is 11.7 Å². The van der Waals surface area contributed by atoms with Gasteiger partial charge in [0.05, 0.1) is 16.7 Å². The molecule has 0 atom stereocenters. The molecule has 0 radical (unpaired) electrons. The van der Waals surface area contributed by atoms with Gasteiger partial charge < -0.3 is 14.5 Å². The summed E-state index contributed by atoms with van der Waals surface area (Å²) in [5, 5.41) is 0.990. The third kappa shape index (κ3) is 3.59. The first-order valence-corrected chi connectivity index (χ1v) is 9.57. The highest BCUT2D eigenvalue weighted by molar-refractivity contribution is 9.10. The molecule has 26 heavy (non-hydrogen) atoms. The molecule has 0 bridgehead atoms. The summed E-state index contributed by atoms with van der Waals surface area (Å²) in [6.45, 7) is 3.16. The summed E-state index contributed by atoms with van der Waals surface area (Å²) < 4.78 is 11.6. The Kier molecular flexibility index (Phi) is 4.91. The predicted octanol–water partition coefficient (Wildman–Crippen LogP) is 3.91. The van der Waals surface area contributed by atoms with E-state index in [1.807, 2.05) is 18.2 Å². The molecule has 3 heterocycles. The number of rotatable bonds is 4. The number of carbonyl (C=O) groups is 1. The minimum Gasteiger partial charge on any atom is -0.458 e. The zero-order valence-corrected chi connectivity index (χ0v) is 16.1. The summed E-state index contributed by atoms with van der Waals surface area (Å²) in [4.78, 5) is 24.0. The average molecular weight is 418 g/mol. The van der Waals surface area contributed by atoms with Gasteiger partial charge in [0, 0.05) is 30.0 Å².